The normalized spacial score (nSPS) is 18.6. The number of carbonyl (C=O) groups excluding carboxylic acids is 1. The molecule has 1 atom stereocenters. The number of carbonyl (C=O) groups is 1. The van der Waals surface area contributed by atoms with Crippen LogP contribution in [0.4, 0.5) is 0 Å². The molecular weight excluding hydrogens is 228 g/mol. The molecular formula is C14H28N2O2. The van der Waals surface area contributed by atoms with Gasteiger partial charge in [0, 0.05) is 32.0 Å². The van der Waals surface area contributed by atoms with Gasteiger partial charge in [0.15, 0.2) is 0 Å². The van der Waals surface area contributed by atoms with Crippen LogP contribution >= 0.6 is 0 Å². The van der Waals surface area contributed by atoms with E-state index in [-0.39, 0.29) is 17.9 Å². The highest BCUT2D eigenvalue weighted by Gasteiger charge is 2.31. The van der Waals surface area contributed by atoms with Crippen molar-refractivity contribution in [2.24, 2.45) is 23.0 Å². The Kier molecular flexibility index (Phi) is 5.60. The Labute approximate surface area is 111 Å². The first kappa shape index (κ1) is 15.4. The van der Waals surface area contributed by atoms with Crippen LogP contribution in [0.3, 0.4) is 0 Å². The van der Waals surface area contributed by atoms with Gasteiger partial charge in [-0.2, -0.15) is 0 Å². The van der Waals surface area contributed by atoms with Crippen molar-refractivity contribution in [2.75, 3.05) is 26.2 Å². The highest BCUT2D eigenvalue weighted by molar-refractivity contribution is 5.77. The summed E-state index contributed by atoms with van der Waals surface area (Å²) in [7, 11) is 0. The minimum absolute atomic E-state index is 0.196. The van der Waals surface area contributed by atoms with Crippen molar-refractivity contribution >= 4 is 5.91 Å². The van der Waals surface area contributed by atoms with Gasteiger partial charge in [-0.05, 0) is 30.7 Å². The summed E-state index contributed by atoms with van der Waals surface area (Å²) in [6.07, 6.45) is 2.51. The molecule has 0 bridgehead atoms. The smallest absolute Gasteiger partial charge is 0.222 e. The molecule has 1 aliphatic rings. The Morgan fingerprint density at radius 2 is 2.00 bits per heavy atom. The van der Waals surface area contributed by atoms with E-state index in [2.05, 4.69) is 20.8 Å². The van der Waals surface area contributed by atoms with E-state index in [1.165, 1.54) is 0 Å². The van der Waals surface area contributed by atoms with Crippen molar-refractivity contribution < 1.29 is 9.90 Å². The molecule has 106 valence electrons. The molecule has 0 aromatic rings. The number of hydrogen-bond acceptors (Lipinski definition) is 3. The summed E-state index contributed by atoms with van der Waals surface area (Å²) in [4.78, 5) is 13.8. The minimum Gasteiger partial charge on any atom is -0.396 e. The highest BCUT2D eigenvalue weighted by Crippen LogP contribution is 2.32. The van der Waals surface area contributed by atoms with Crippen molar-refractivity contribution in [2.45, 2.75) is 40.0 Å². The molecule has 0 aliphatic carbocycles. The summed E-state index contributed by atoms with van der Waals surface area (Å²) in [6.45, 7) is 8.97. The van der Waals surface area contributed by atoms with Crippen LogP contribution in [0.1, 0.15) is 40.0 Å². The lowest BCUT2D eigenvalue weighted by Gasteiger charge is -2.39. The number of amides is 1. The zero-order valence-electron chi connectivity index (χ0n) is 12.0. The second kappa shape index (κ2) is 6.53. The fourth-order valence-corrected chi connectivity index (χ4v) is 2.56. The van der Waals surface area contributed by atoms with Gasteiger partial charge in [0.25, 0.3) is 0 Å². The molecule has 1 rings (SSSR count). The Hall–Kier alpha value is -0.610. The molecule has 3 N–H and O–H groups in total. The Morgan fingerprint density at radius 1 is 1.39 bits per heavy atom. The van der Waals surface area contributed by atoms with Crippen LogP contribution in [0, 0.1) is 17.3 Å². The summed E-state index contributed by atoms with van der Waals surface area (Å²) >= 11 is 0. The van der Waals surface area contributed by atoms with Crippen LogP contribution < -0.4 is 5.73 Å². The van der Waals surface area contributed by atoms with Crippen LogP contribution in [0.15, 0.2) is 0 Å². The molecule has 0 radical (unpaired) electrons. The van der Waals surface area contributed by atoms with E-state index >= 15 is 0 Å². The van der Waals surface area contributed by atoms with E-state index in [4.69, 9.17) is 10.8 Å². The molecule has 1 amide bonds. The third-order valence-electron chi connectivity index (χ3n) is 4.01. The lowest BCUT2D eigenvalue weighted by Crippen LogP contribution is -2.51. The summed E-state index contributed by atoms with van der Waals surface area (Å²) in [5.74, 6) is 1.03. The van der Waals surface area contributed by atoms with Crippen molar-refractivity contribution in [3.63, 3.8) is 0 Å². The zero-order valence-corrected chi connectivity index (χ0v) is 12.0. The molecule has 0 saturated carbocycles. The largest absolute Gasteiger partial charge is 0.396 e. The maximum absolute atomic E-state index is 11.9. The van der Waals surface area contributed by atoms with Gasteiger partial charge in [0.2, 0.25) is 5.91 Å². The number of aliphatic hydroxyl groups excluding tert-OH is 1. The number of aliphatic hydroxyl groups is 1. The van der Waals surface area contributed by atoms with Crippen molar-refractivity contribution in [1.82, 2.24) is 4.90 Å². The minimum atomic E-state index is 0.196. The van der Waals surface area contributed by atoms with Gasteiger partial charge < -0.3 is 15.7 Å². The first-order chi connectivity index (χ1) is 8.38. The fourth-order valence-electron chi connectivity index (χ4n) is 2.56. The predicted octanol–water partition coefficient (Wildman–Crippen LogP) is 1.23. The summed E-state index contributed by atoms with van der Waals surface area (Å²) in [5, 5.41) is 8.93. The molecule has 0 spiro atoms. The van der Waals surface area contributed by atoms with Gasteiger partial charge in [0.1, 0.15) is 0 Å². The first-order valence-electron chi connectivity index (χ1n) is 6.97. The molecule has 1 unspecified atom stereocenters. The molecule has 1 fully saturated rings. The summed E-state index contributed by atoms with van der Waals surface area (Å²) < 4.78 is 0. The van der Waals surface area contributed by atoms with E-state index in [0.29, 0.717) is 24.8 Å². The maximum Gasteiger partial charge on any atom is 0.222 e. The average Bonchev–Trinajstić information content (AvgIpc) is 2.21. The Morgan fingerprint density at radius 3 is 2.44 bits per heavy atom. The molecule has 1 heterocycles. The maximum atomic E-state index is 11.9. The van der Waals surface area contributed by atoms with Crippen LogP contribution in [0.2, 0.25) is 0 Å². The predicted molar refractivity (Wildman–Crippen MR) is 73.0 cm³/mol. The number of likely N-dealkylation sites (tertiary alicyclic amines) is 1. The van der Waals surface area contributed by atoms with Crippen LogP contribution in [-0.2, 0) is 4.79 Å². The van der Waals surface area contributed by atoms with Gasteiger partial charge in [-0.3, -0.25) is 4.79 Å². The quantitative estimate of drug-likeness (QED) is 0.751. The molecule has 1 aliphatic heterocycles. The lowest BCUT2D eigenvalue weighted by molar-refractivity contribution is -0.138. The summed E-state index contributed by atoms with van der Waals surface area (Å²) in [6, 6.07) is 0. The van der Waals surface area contributed by atoms with E-state index in [0.717, 1.165) is 25.9 Å². The van der Waals surface area contributed by atoms with E-state index in [1.807, 2.05) is 4.90 Å². The molecule has 18 heavy (non-hydrogen) atoms. The molecule has 4 nitrogen and oxygen atoms in total. The number of rotatable bonds is 6. The number of nitrogens with two attached hydrogens (primary N) is 1. The van der Waals surface area contributed by atoms with Gasteiger partial charge in [-0.15, -0.1) is 0 Å². The van der Waals surface area contributed by atoms with Crippen molar-refractivity contribution in [1.29, 1.82) is 0 Å². The van der Waals surface area contributed by atoms with Gasteiger partial charge in [0.05, 0.1) is 0 Å². The van der Waals surface area contributed by atoms with Crippen LogP contribution in [-0.4, -0.2) is 42.2 Å². The number of nitrogens with zero attached hydrogens (tertiary/aromatic N) is 1. The lowest BCUT2D eigenvalue weighted by atomic mass is 9.76. The highest BCUT2D eigenvalue weighted by atomic mass is 16.3. The summed E-state index contributed by atoms with van der Waals surface area (Å²) in [5.41, 5.74) is 5.85. The van der Waals surface area contributed by atoms with Gasteiger partial charge >= 0.3 is 0 Å². The van der Waals surface area contributed by atoms with E-state index in [1.54, 1.807) is 0 Å². The van der Waals surface area contributed by atoms with Crippen molar-refractivity contribution in [3.8, 4) is 0 Å². The van der Waals surface area contributed by atoms with Gasteiger partial charge in [-0.25, -0.2) is 0 Å². The van der Waals surface area contributed by atoms with Crippen molar-refractivity contribution in [3.05, 3.63) is 0 Å². The first-order valence-corrected chi connectivity index (χ1v) is 6.97. The topological polar surface area (TPSA) is 66.6 Å². The molecule has 0 aromatic heterocycles. The molecule has 1 saturated heterocycles. The standard InChI is InChI=1S/C14H28N2O2/c1-14(2,3)12(6-7-15)4-5-13(18)16-8-11(9-16)10-17/h11-12,17H,4-10,15H2,1-3H3. The van der Waals surface area contributed by atoms with Crippen LogP contribution in [0.5, 0.6) is 0 Å². The van der Waals surface area contributed by atoms with Crippen LogP contribution in [0.25, 0.3) is 0 Å². The van der Waals surface area contributed by atoms with E-state index in [9.17, 15) is 4.79 Å². The average molecular weight is 256 g/mol. The second-order valence-electron chi connectivity index (χ2n) is 6.53. The van der Waals surface area contributed by atoms with E-state index < -0.39 is 0 Å². The fraction of sp³-hybridized carbons (Fsp3) is 0.929. The van der Waals surface area contributed by atoms with Gasteiger partial charge in [-0.1, -0.05) is 20.8 Å². The second-order valence-corrected chi connectivity index (χ2v) is 6.53. The molecule has 4 heteroatoms. The molecule has 0 aromatic carbocycles. The number of hydrogen-bond donors (Lipinski definition) is 2. The zero-order chi connectivity index (χ0) is 13.8. The third kappa shape index (κ3) is 4.25. The monoisotopic (exact) mass is 256 g/mol. The third-order valence-corrected chi connectivity index (χ3v) is 4.01. The Bertz CT molecular complexity index is 267. The Balaban J connectivity index is 2.32. The SMILES string of the molecule is CC(C)(C)C(CCN)CCC(=O)N1CC(CO)C1.